The van der Waals surface area contributed by atoms with E-state index in [4.69, 9.17) is 11.6 Å². The fourth-order valence-electron chi connectivity index (χ4n) is 1.43. The van der Waals surface area contributed by atoms with E-state index in [0.717, 1.165) is 19.5 Å². The number of nitrogens with one attached hydrogen (secondary N) is 1. The third-order valence-electron chi connectivity index (χ3n) is 2.56. The van der Waals surface area contributed by atoms with E-state index >= 15 is 0 Å². The third kappa shape index (κ3) is 4.34. The fraction of sp³-hybridized carbons (Fsp3) is 0.727. The quantitative estimate of drug-likeness (QED) is 0.848. The van der Waals surface area contributed by atoms with Crippen LogP contribution in [-0.4, -0.2) is 35.1 Å². The summed E-state index contributed by atoms with van der Waals surface area (Å²) >= 11 is 5.87. The zero-order valence-corrected chi connectivity index (χ0v) is 11.6. The van der Waals surface area contributed by atoms with Crippen molar-refractivity contribution in [1.82, 2.24) is 15.0 Å². The summed E-state index contributed by atoms with van der Waals surface area (Å²) in [5.41, 5.74) is 0. The predicted octanol–water partition coefficient (Wildman–Crippen LogP) is 2.44. The Labute approximate surface area is 108 Å². The Bertz CT molecular complexity index is 358. The lowest BCUT2D eigenvalue weighted by molar-refractivity contribution is 0.555. The first-order valence-corrected chi connectivity index (χ1v) is 6.31. The summed E-state index contributed by atoms with van der Waals surface area (Å²) in [5, 5.41) is 3.26. The van der Waals surface area contributed by atoms with Gasteiger partial charge in [0, 0.05) is 20.1 Å². The second-order valence-corrected chi connectivity index (χ2v) is 4.49. The van der Waals surface area contributed by atoms with E-state index < -0.39 is 0 Å². The average molecular weight is 258 g/mol. The van der Waals surface area contributed by atoms with Gasteiger partial charge < -0.3 is 10.2 Å². The maximum atomic E-state index is 5.87. The molecule has 0 aliphatic carbocycles. The molecule has 6 heteroatoms. The Morgan fingerprint density at radius 2 is 2.00 bits per heavy atom. The summed E-state index contributed by atoms with van der Waals surface area (Å²) in [6.07, 6.45) is 1.13. The minimum atomic E-state index is 0.224. The molecule has 0 bridgehead atoms. The van der Waals surface area contributed by atoms with E-state index in [1.54, 1.807) is 0 Å². The highest BCUT2D eigenvalue weighted by molar-refractivity contribution is 6.28. The minimum absolute atomic E-state index is 0.224. The first-order valence-electron chi connectivity index (χ1n) is 5.93. The van der Waals surface area contributed by atoms with Crippen molar-refractivity contribution in [1.29, 1.82) is 0 Å². The Morgan fingerprint density at radius 3 is 2.59 bits per heavy atom. The van der Waals surface area contributed by atoms with Gasteiger partial charge in [-0.2, -0.15) is 15.0 Å². The highest BCUT2D eigenvalue weighted by Crippen LogP contribution is 2.14. The molecule has 1 aromatic heterocycles. The molecule has 0 fully saturated rings. The summed E-state index contributed by atoms with van der Waals surface area (Å²) < 4.78 is 0. The van der Waals surface area contributed by atoms with Gasteiger partial charge in [0.2, 0.25) is 17.2 Å². The van der Waals surface area contributed by atoms with Crippen LogP contribution >= 0.6 is 11.6 Å². The Hall–Kier alpha value is -1.10. The van der Waals surface area contributed by atoms with E-state index in [-0.39, 0.29) is 5.28 Å². The lowest BCUT2D eigenvalue weighted by Crippen LogP contribution is -2.26. The molecule has 17 heavy (non-hydrogen) atoms. The summed E-state index contributed by atoms with van der Waals surface area (Å²) in [6.45, 7) is 8.02. The molecule has 5 nitrogen and oxygen atoms in total. The minimum Gasteiger partial charge on any atom is -0.354 e. The van der Waals surface area contributed by atoms with Gasteiger partial charge in [0.25, 0.3) is 0 Å². The topological polar surface area (TPSA) is 53.9 Å². The molecule has 1 atom stereocenters. The van der Waals surface area contributed by atoms with Crippen molar-refractivity contribution in [3.63, 3.8) is 0 Å². The normalized spacial score (nSPS) is 12.3. The molecule has 1 unspecified atom stereocenters. The van der Waals surface area contributed by atoms with Crippen LogP contribution in [-0.2, 0) is 0 Å². The average Bonchev–Trinajstić information content (AvgIpc) is 2.28. The van der Waals surface area contributed by atoms with E-state index in [1.165, 1.54) is 0 Å². The highest BCUT2D eigenvalue weighted by Gasteiger charge is 2.11. The van der Waals surface area contributed by atoms with Gasteiger partial charge in [-0.1, -0.05) is 20.3 Å². The summed E-state index contributed by atoms with van der Waals surface area (Å²) in [5.74, 6) is 1.73. The van der Waals surface area contributed by atoms with Crippen molar-refractivity contribution in [2.24, 2.45) is 5.92 Å². The van der Waals surface area contributed by atoms with Crippen LogP contribution in [0, 0.1) is 5.92 Å². The number of hydrogen-bond donors (Lipinski definition) is 1. The van der Waals surface area contributed by atoms with Gasteiger partial charge >= 0.3 is 0 Å². The van der Waals surface area contributed by atoms with Crippen LogP contribution in [0.3, 0.4) is 0 Å². The van der Waals surface area contributed by atoms with Gasteiger partial charge in [0.15, 0.2) is 0 Å². The Morgan fingerprint density at radius 1 is 1.29 bits per heavy atom. The molecule has 1 heterocycles. The molecule has 0 saturated carbocycles. The lowest BCUT2D eigenvalue weighted by Gasteiger charge is -2.20. The number of aromatic nitrogens is 3. The van der Waals surface area contributed by atoms with Crippen molar-refractivity contribution in [2.75, 3.05) is 30.4 Å². The van der Waals surface area contributed by atoms with Gasteiger partial charge in [-0.3, -0.25) is 0 Å². The summed E-state index contributed by atoms with van der Waals surface area (Å²) in [6, 6.07) is 0. The van der Waals surface area contributed by atoms with Crippen molar-refractivity contribution in [3.8, 4) is 0 Å². The van der Waals surface area contributed by atoms with E-state index in [1.807, 2.05) is 18.9 Å². The van der Waals surface area contributed by atoms with E-state index in [0.29, 0.717) is 17.8 Å². The first-order chi connectivity index (χ1) is 8.06. The summed E-state index contributed by atoms with van der Waals surface area (Å²) in [4.78, 5) is 14.5. The Kier molecular flexibility index (Phi) is 5.41. The van der Waals surface area contributed by atoms with Crippen molar-refractivity contribution >= 4 is 23.5 Å². The smallest absolute Gasteiger partial charge is 0.231 e. The van der Waals surface area contributed by atoms with E-state index in [2.05, 4.69) is 34.1 Å². The molecule has 96 valence electrons. The molecule has 1 N–H and O–H groups in total. The third-order valence-corrected chi connectivity index (χ3v) is 2.72. The van der Waals surface area contributed by atoms with Crippen LogP contribution in [0.4, 0.5) is 11.9 Å². The van der Waals surface area contributed by atoms with Gasteiger partial charge in [-0.15, -0.1) is 0 Å². The molecule has 0 aliphatic rings. The van der Waals surface area contributed by atoms with Crippen LogP contribution in [0.25, 0.3) is 0 Å². The number of halogens is 1. The van der Waals surface area contributed by atoms with Gasteiger partial charge in [-0.05, 0) is 24.4 Å². The van der Waals surface area contributed by atoms with Crippen molar-refractivity contribution in [3.05, 3.63) is 5.28 Å². The molecule has 0 spiro atoms. The fourth-order valence-corrected chi connectivity index (χ4v) is 1.58. The second kappa shape index (κ2) is 6.59. The molecular weight excluding hydrogens is 238 g/mol. The van der Waals surface area contributed by atoms with Crippen LogP contribution in [0.5, 0.6) is 0 Å². The maximum absolute atomic E-state index is 5.87. The molecule has 0 amide bonds. The van der Waals surface area contributed by atoms with Gasteiger partial charge in [0.1, 0.15) is 0 Å². The Balaban J connectivity index is 2.81. The zero-order valence-electron chi connectivity index (χ0n) is 10.9. The molecule has 1 aromatic rings. The maximum Gasteiger partial charge on any atom is 0.231 e. The van der Waals surface area contributed by atoms with Gasteiger partial charge in [-0.25, -0.2) is 0 Å². The molecule has 0 radical (unpaired) electrons. The first kappa shape index (κ1) is 14.0. The molecule has 0 saturated heterocycles. The molecule has 0 aliphatic heterocycles. The van der Waals surface area contributed by atoms with Crippen LogP contribution < -0.4 is 10.2 Å². The number of anilines is 2. The standard InChI is InChI=1S/C11H20ClN5/c1-5-8(3)7-17(4)11-15-9(12)14-10(16-11)13-6-2/h8H,5-7H2,1-4H3,(H,13,14,15,16). The summed E-state index contributed by atoms with van der Waals surface area (Å²) in [7, 11) is 1.97. The number of nitrogens with zero attached hydrogens (tertiary/aromatic N) is 4. The molecular formula is C11H20ClN5. The monoisotopic (exact) mass is 257 g/mol. The molecule has 0 aromatic carbocycles. The largest absolute Gasteiger partial charge is 0.354 e. The predicted molar refractivity (Wildman–Crippen MR) is 71.7 cm³/mol. The van der Waals surface area contributed by atoms with Crippen LogP contribution in [0.2, 0.25) is 5.28 Å². The second-order valence-electron chi connectivity index (χ2n) is 4.15. The van der Waals surface area contributed by atoms with E-state index in [9.17, 15) is 0 Å². The van der Waals surface area contributed by atoms with Crippen molar-refractivity contribution < 1.29 is 0 Å². The van der Waals surface area contributed by atoms with Gasteiger partial charge in [0.05, 0.1) is 0 Å². The van der Waals surface area contributed by atoms with Crippen LogP contribution in [0.15, 0.2) is 0 Å². The van der Waals surface area contributed by atoms with Crippen LogP contribution in [0.1, 0.15) is 27.2 Å². The lowest BCUT2D eigenvalue weighted by atomic mass is 10.1. The highest BCUT2D eigenvalue weighted by atomic mass is 35.5. The number of rotatable bonds is 6. The zero-order chi connectivity index (χ0) is 12.8. The SMILES string of the molecule is CCNc1nc(Cl)nc(N(C)CC(C)CC)n1. The van der Waals surface area contributed by atoms with Crippen molar-refractivity contribution in [2.45, 2.75) is 27.2 Å². The number of hydrogen-bond acceptors (Lipinski definition) is 5. The molecule has 1 rings (SSSR count).